The van der Waals surface area contributed by atoms with E-state index in [1.807, 2.05) is 0 Å². The van der Waals surface area contributed by atoms with Crippen LogP contribution in [0.3, 0.4) is 0 Å². The van der Waals surface area contributed by atoms with Gasteiger partial charge in [-0.1, -0.05) is 19.9 Å². The number of sulfonamides is 1. The SMILES string of the molecule is CCOC(=O)/C(C#N)=C/Nc1cccc(S(=O)(=O)N(CC)CC)c1. The standard InChI is InChI=1S/C16H21N3O4S/c1-4-19(5-2)24(21,22)15-9-7-8-14(10-15)18-12-13(11-17)16(20)23-6-3/h7-10,12,18H,4-6H2,1-3H3/b13-12+. The number of hydrogen-bond donors (Lipinski definition) is 1. The van der Waals surface area contributed by atoms with E-state index in [1.54, 1.807) is 39.0 Å². The summed E-state index contributed by atoms with van der Waals surface area (Å²) in [5.41, 5.74) is 0.245. The van der Waals surface area contributed by atoms with Crippen molar-refractivity contribution in [1.29, 1.82) is 5.26 Å². The van der Waals surface area contributed by atoms with Crippen LogP contribution < -0.4 is 5.32 Å². The Morgan fingerprint density at radius 2 is 2.00 bits per heavy atom. The molecule has 0 aromatic heterocycles. The maximum absolute atomic E-state index is 12.5. The van der Waals surface area contributed by atoms with Gasteiger partial charge >= 0.3 is 5.97 Å². The lowest BCUT2D eigenvalue weighted by molar-refractivity contribution is -0.138. The Morgan fingerprint density at radius 1 is 1.33 bits per heavy atom. The van der Waals surface area contributed by atoms with Gasteiger partial charge in [0.25, 0.3) is 0 Å². The molecule has 1 rings (SSSR count). The average molecular weight is 351 g/mol. The number of carbonyl (C=O) groups is 1. The highest BCUT2D eigenvalue weighted by atomic mass is 32.2. The Balaban J connectivity index is 3.06. The van der Waals surface area contributed by atoms with Crippen molar-refractivity contribution < 1.29 is 17.9 Å². The van der Waals surface area contributed by atoms with Crippen LogP contribution in [0.4, 0.5) is 5.69 Å². The van der Waals surface area contributed by atoms with Gasteiger partial charge < -0.3 is 10.1 Å². The number of nitrogens with one attached hydrogen (secondary N) is 1. The molecule has 0 radical (unpaired) electrons. The van der Waals surface area contributed by atoms with E-state index in [1.165, 1.54) is 22.6 Å². The van der Waals surface area contributed by atoms with Gasteiger partial charge in [-0.15, -0.1) is 0 Å². The summed E-state index contributed by atoms with van der Waals surface area (Å²) < 4.78 is 31.1. The molecule has 0 fully saturated rings. The monoisotopic (exact) mass is 351 g/mol. The highest BCUT2D eigenvalue weighted by Gasteiger charge is 2.21. The van der Waals surface area contributed by atoms with Crippen LogP contribution >= 0.6 is 0 Å². The van der Waals surface area contributed by atoms with Crippen LogP contribution in [0.2, 0.25) is 0 Å². The van der Waals surface area contributed by atoms with Gasteiger partial charge in [-0.05, 0) is 25.1 Å². The lowest BCUT2D eigenvalue weighted by Crippen LogP contribution is -2.30. The van der Waals surface area contributed by atoms with Crippen molar-refractivity contribution in [2.24, 2.45) is 0 Å². The molecule has 0 aliphatic heterocycles. The Kier molecular flexibility index (Phi) is 7.42. The number of nitriles is 1. The van der Waals surface area contributed by atoms with Crippen LogP contribution in [0.1, 0.15) is 20.8 Å². The molecule has 0 amide bonds. The molecule has 7 nitrogen and oxygen atoms in total. The molecule has 130 valence electrons. The number of ether oxygens (including phenoxy) is 1. The van der Waals surface area contributed by atoms with E-state index in [4.69, 9.17) is 10.00 Å². The fraction of sp³-hybridized carbons (Fsp3) is 0.375. The van der Waals surface area contributed by atoms with Crippen LogP contribution in [-0.4, -0.2) is 38.4 Å². The summed E-state index contributed by atoms with van der Waals surface area (Å²) in [4.78, 5) is 11.7. The molecule has 0 saturated heterocycles. The first-order valence-electron chi connectivity index (χ1n) is 7.54. The molecule has 1 aromatic rings. The third-order valence-electron chi connectivity index (χ3n) is 3.18. The van der Waals surface area contributed by atoms with E-state index in [9.17, 15) is 13.2 Å². The zero-order chi connectivity index (χ0) is 18.2. The number of esters is 1. The molecule has 8 heteroatoms. The molecular weight excluding hydrogens is 330 g/mol. The molecule has 0 spiro atoms. The van der Waals surface area contributed by atoms with Crippen molar-refractivity contribution in [1.82, 2.24) is 4.31 Å². The molecular formula is C16H21N3O4S. The average Bonchev–Trinajstić information content (AvgIpc) is 2.57. The van der Waals surface area contributed by atoms with E-state index < -0.39 is 16.0 Å². The summed E-state index contributed by atoms with van der Waals surface area (Å²) in [5, 5.41) is 11.7. The third kappa shape index (κ3) is 4.81. The molecule has 0 aliphatic carbocycles. The second-order valence-corrected chi connectivity index (χ2v) is 6.59. The van der Waals surface area contributed by atoms with Crippen molar-refractivity contribution in [3.05, 3.63) is 36.0 Å². The Bertz CT molecular complexity index is 747. The number of carbonyl (C=O) groups excluding carboxylic acids is 1. The Hall–Kier alpha value is -2.37. The Morgan fingerprint density at radius 3 is 2.54 bits per heavy atom. The quantitative estimate of drug-likeness (QED) is 0.437. The van der Waals surface area contributed by atoms with Crippen molar-refractivity contribution in [2.75, 3.05) is 25.0 Å². The summed E-state index contributed by atoms with van der Waals surface area (Å²) in [6.07, 6.45) is 1.20. The zero-order valence-electron chi connectivity index (χ0n) is 13.9. The van der Waals surface area contributed by atoms with Crippen LogP contribution in [0.25, 0.3) is 0 Å². The minimum atomic E-state index is -3.58. The van der Waals surface area contributed by atoms with Gasteiger partial charge in [0.1, 0.15) is 6.07 Å². The molecule has 24 heavy (non-hydrogen) atoms. The number of hydrogen-bond acceptors (Lipinski definition) is 6. The minimum Gasteiger partial charge on any atom is -0.462 e. The number of benzene rings is 1. The first-order chi connectivity index (χ1) is 11.4. The Labute approximate surface area is 142 Å². The van der Waals surface area contributed by atoms with Crippen molar-refractivity contribution in [3.8, 4) is 6.07 Å². The predicted molar refractivity (Wildman–Crippen MR) is 90.5 cm³/mol. The summed E-state index contributed by atoms with van der Waals surface area (Å²) >= 11 is 0. The topological polar surface area (TPSA) is 99.5 Å². The van der Waals surface area contributed by atoms with Gasteiger partial charge in [-0.3, -0.25) is 0 Å². The maximum Gasteiger partial charge on any atom is 0.350 e. The van der Waals surface area contributed by atoms with Gasteiger partial charge in [0, 0.05) is 25.0 Å². The first-order valence-corrected chi connectivity index (χ1v) is 8.98. The largest absolute Gasteiger partial charge is 0.462 e. The fourth-order valence-electron chi connectivity index (χ4n) is 1.96. The lowest BCUT2D eigenvalue weighted by Gasteiger charge is -2.18. The molecule has 0 heterocycles. The van der Waals surface area contributed by atoms with E-state index in [0.29, 0.717) is 18.8 Å². The fourth-order valence-corrected chi connectivity index (χ4v) is 3.46. The summed E-state index contributed by atoms with van der Waals surface area (Å²) in [6, 6.07) is 7.91. The molecule has 0 atom stereocenters. The van der Waals surface area contributed by atoms with Crippen LogP contribution in [0.15, 0.2) is 40.9 Å². The molecule has 0 unspecified atom stereocenters. The molecule has 0 saturated carbocycles. The van der Waals surface area contributed by atoms with E-state index in [-0.39, 0.29) is 17.1 Å². The summed E-state index contributed by atoms with van der Waals surface area (Å²) in [5.74, 6) is -0.737. The zero-order valence-corrected chi connectivity index (χ0v) is 14.8. The van der Waals surface area contributed by atoms with E-state index in [0.717, 1.165) is 0 Å². The molecule has 0 bridgehead atoms. The maximum atomic E-state index is 12.5. The van der Waals surface area contributed by atoms with Crippen LogP contribution in [0.5, 0.6) is 0 Å². The predicted octanol–water partition coefficient (Wildman–Crippen LogP) is 2.10. The van der Waals surface area contributed by atoms with Gasteiger partial charge in [0.15, 0.2) is 5.57 Å². The van der Waals surface area contributed by atoms with Crippen LogP contribution in [-0.2, 0) is 19.6 Å². The third-order valence-corrected chi connectivity index (χ3v) is 5.22. The van der Waals surface area contributed by atoms with E-state index >= 15 is 0 Å². The smallest absolute Gasteiger partial charge is 0.350 e. The highest BCUT2D eigenvalue weighted by Crippen LogP contribution is 2.19. The second-order valence-electron chi connectivity index (χ2n) is 4.65. The number of rotatable bonds is 8. The lowest BCUT2D eigenvalue weighted by atomic mass is 10.3. The van der Waals surface area contributed by atoms with Gasteiger partial charge in [-0.2, -0.15) is 9.57 Å². The van der Waals surface area contributed by atoms with Gasteiger partial charge in [-0.25, -0.2) is 13.2 Å². The minimum absolute atomic E-state index is 0.138. The molecule has 0 aliphatic rings. The normalized spacial score (nSPS) is 11.9. The first kappa shape index (κ1) is 19.7. The van der Waals surface area contributed by atoms with E-state index in [2.05, 4.69) is 5.32 Å². The van der Waals surface area contributed by atoms with Gasteiger partial charge in [0.05, 0.1) is 11.5 Å². The van der Waals surface area contributed by atoms with Crippen molar-refractivity contribution in [2.45, 2.75) is 25.7 Å². The highest BCUT2D eigenvalue weighted by molar-refractivity contribution is 7.89. The number of nitrogens with zero attached hydrogens (tertiary/aromatic N) is 2. The molecule has 1 N–H and O–H groups in total. The number of anilines is 1. The van der Waals surface area contributed by atoms with Crippen molar-refractivity contribution >= 4 is 21.7 Å². The van der Waals surface area contributed by atoms with Crippen LogP contribution in [0, 0.1) is 11.3 Å². The van der Waals surface area contributed by atoms with Crippen molar-refractivity contribution in [3.63, 3.8) is 0 Å². The summed E-state index contributed by atoms with van der Waals surface area (Å²) in [6.45, 7) is 6.09. The second kappa shape index (κ2) is 9.05. The summed E-state index contributed by atoms with van der Waals surface area (Å²) in [7, 11) is -3.58. The molecule has 1 aromatic carbocycles. The van der Waals surface area contributed by atoms with Gasteiger partial charge in [0.2, 0.25) is 10.0 Å².